The number of nitrogens with one attached hydrogen (secondary N) is 2. The lowest BCUT2D eigenvalue weighted by Crippen LogP contribution is -2.41. The van der Waals surface area contributed by atoms with Crippen molar-refractivity contribution in [3.8, 4) is 0 Å². The number of nitrogens with zero attached hydrogens (tertiary/aromatic N) is 2. The molecule has 26 heavy (non-hydrogen) atoms. The number of hydrogen-bond acceptors (Lipinski definition) is 4. The van der Waals surface area contributed by atoms with Crippen molar-refractivity contribution in [2.24, 2.45) is 4.99 Å². The fraction of sp³-hybridized carbons (Fsp3) is 0.526. The molecule has 3 rings (SSSR count). The molecular weight excluding hydrogens is 459 g/mol. The number of guanidine groups is 1. The van der Waals surface area contributed by atoms with Gasteiger partial charge in [0.05, 0.1) is 12.8 Å². The standard InChI is InChI=1S/C19H28N4OS.HI/c1-3-20-19(21-9-6-17-5-4-11-24-17)22-13-15(2)23-10-7-18-16(14-23)8-12-25-18;/h4-5,8,11-12,15H,3,6-7,9-10,13-14H2,1-2H3,(H2,20,21,22);1H. The van der Waals surface area contributed by atoms with Gasteiger partial charge in [-0.2, -0.15) is 0 Å². The Morgan fingerprint density at radius 1 is 1.38 bits per heavy atom. The molecule has 0 fully saturated rings. The lowest BCUT2D eigenvalue weighted by atomic mass is 10.1. The van der Waals surface area contributed by atoms with Crippen molar-refractivity contribution in [2.45, 2.75) is 39.3 Å². The van der Waals surface area contributed by atoms with Crippen molar-refractivity contribution < 1.29 is 4.42 Å². The molecule has 0 bridgehead atoms. The topological polar surface area (TPSA) is 52.8 Å². The summed E-state index contributed by atoms with van der Waals surface area (Å²) in [5.41, 5.74) is 1.50. The van der Waals surface area contributed by atoms with Crippen LogP contribution in [-0.2, 0) is 19.4 Å². The van der Waals surface area contributed by atoms with Crippen LogP contribution in [0.25, 0.3) is 0 Å². The van der Waals surface area contributed by atoms with Gasteiger partial charge in [-0.25, -0.2) is 0 Å². The minimum atomic E-state index is 0. The molecule has 0 amide bonds. The zero-order valence-corrected chi connectivity index (χ0v) is 18.7. The minimum Gasteiger partial charge on any atom is -0.469 e. The maximum Gasteiger partial charge on any atom is 0.191 e. The molecule has 1 aliphatic heterocycles. The number of furan rings is 1. The first-order chi connectivity index (χ1) is 12.3. The number of aliphatic imine (C=N–C) groups is 1. The normalized spacial score (nSPS) is 15.8. The second-order valence-corrected chi connectivity index (χ2v) is 7.41. The first-order valence-corrected chi connectivity index (χ1v) is 9.98. The van der Waals surface area contributed by atoms with Crippen LogP contribution in [-0.4, -0.2) is 43.1 Å². The summed E-state index contributed by atoms with van der Waals surface area (Å²) in [6, 6.07) is 6.63. The van der Waals surface area contributed by atoms with Gasteiger partial charge in [-0.1, -0.05) is 0 Å². The molecule has 1 aliphatic rings. The monoisotopic (exact) mass is 488 g/mol. The molecule has 1 atom stereocenters. The van der Waals surface area contributed by atoms with Crippen molar-refractivity contribution in [2.75, 3.05) is 26.2 Å². The third-order valence-electron chi connectivity index (χ3n) is 4.56. The van der Waals surface area contributed by atoms with Gasteiger partial charge in [0.15, 0.2) is 5.96 Å². The van der Waals surface area contributed by atoms with Gasteiger partial charge in [0.25, 0.3) is 0 Å². The van der Waals surface area contributed by atoms with Crippen LogP contribution in [0.15, 0.2) is 39.3 Å². The Morgan fingerprint density at radius 2 is 2.27 bits per heavy atom. The van der Waals surface area contributed by atoms with E-state index in [0.29, 0.717) is 6.04 Å². The van der Waals surface area contributed by atoms with Gasteiger partial charge in [-0.15, -0.1) is 35.3 Å². The van der Waals surface area contributed by atoms with E-state index in [1.54, 1.807) is 11.1 Å². The van der Waals surface area contributed by atoms with Gasteiger partial charge in [-0.3, -0.25) is 9.89 Å². The molecule has 7 heteroatoms. The highest BCUT2D eigenvalue weighted by Gasteiger charge is 2.21. The summed E-state index contributed by atoms with van der Waals surface area (Å²) in [6.07, 6.45) is 3.75. The Labute approximate surface area is 177 Å². The number of hydrogen-bond donors (Lipinski definition) is 2. The van der Waals surface area contributed by atoms with Crippen LogP contribution in [0.1, 0.15) is 30.0 Å². The lowest BCUT2D eigenvalue weighted by molar-refractivity contribution is 0.197. The summed E-state index contributed by atoms with van der Waals surface area (Å²) >= 11 is 1.89. The van der Waals surface area contributed by atoms with Gasteiger partial charge in [-0.05, 0) is 49.4 Å². The molecule has 0 saturated carbocycles. The van der Waals surface area contributed by atoms with Crippen LogP contribution >= 0.6 is 35.3 Å². The van der Waals surface area contributed by atoms with Gasteiger partial charge in [0.1, 0.15) is 5.76 Å². The van der Waals surface area contributed by atoms with E-state index in [1.807, 2.05) is 23.5 Å². The third kappa shape index (κ3) is 5.99. The number of halogens is 1. The van der Waals surface area contributed by atoms with E-state index >= 15 is 0 Å². The van der Waals surface area contributed by atoms with Gasteiger partial charge in [0, 0.05) is 43.5 Å². The van der Waals surface area contributed by atoms with E-state index in [-0.39, 0.29) is 24.0 Å². The molecule has 0 radical (unpaired) electrons. The smallest absolute Gasteiger partial charge is 0.191 e. The van der Waals surface area contributed by atoms with Gasteiger partial charge < -0.3 is 15.1 Å². The molecule has 2 N–H and O–H groups in total. The molecule has 3 heterocycles. The highest BCUT2D eigenvalue weighted by molar-refractivity contribution is 14.0. The van der Waals surface area contributed by atoms with Gasteiger partial charge >= 0.3 is 0 Å². The van der Waals surface area contributed by atoms with Crippen LogP contribution in [0, 0.1) is 0 Å². The first kappa shape index (κ1) is 21.2. The SMILES string of the molecule is CCNC(=NCC(C)N1CCc2sccc2C1)NCCc1ccco1.I. The van der Waals surface area contributed by atoms with Crippen molar-refractivity contribution in [1.82, 2.24) is 15.5 Å². The molecule has 144 valence electrons. The van der Waals surface area contributed by atoms with E-state index in [2.05, 4.69) is 40.8 Å². The zero-order chi connectivity index (χ0) is 17.5. The van der Waals surface area contributed by atoms with E-state index < -0.39 is 0 Å². The number of fused-ring (bicyclic) bond motifs is 1. The van der Waals surface area contributed by atoms with Crippen LogP contribution in [0.2, 0.25) is 0 Å². The predicted octanol–water partition coefficient (Wildman–Crippen LogP) is 3.50. The minimum absolute atomic E-state index is 0. The van der Waals surface area contributed by atoms with E-state index in [4.69, 9.17) is 9.41 Å². The van der Waals surface area contributed by atoms with Crippen molar-refractivity contribution >= 4 is 41.3 Å². The maximum atomic E-state index is 5.37. The van der Waals surface area contributed by atoms with Gasteiger partial charge in [0.2, 0.25) is 0 Å². The summed E-state index contributed by atoms with van der Waals surface area (Å²) in [4.78, 5) is 8.86. The van der Waals surface area contributed by atoms with E-state index in [0.717, 1.165) is 50.9 Å². The summed E-state index contributed by atoms with van der Waals surface area (Å²) in [6.45, 7) is 9.03. The highest BCUT2D eigenvalue weighted by Crippen LogP contribution is 2.25. The summed E-state index contributed by atoms with van der Waals surface area (Å²) in [5.74, 6) is 1.88. The third-order valence-corrected chi connectivity index (χ3v) is 5.59. The van der Waals surface area contributed by atoms with Crippen molar-refractivity contribution in [3.05, 3.63) is 46.0 Å². The number of rotatable bonds is 7. The maximum absolute atomic E-state index is 5.37. The first-order valence-electron chi connectivity index (χ1n) is 9.10. The van der Waals surface area contributed by atoms with Crippen molar-refractivity contribution in [1.29, 1.82) is 0 Å². The summed E-state index contributed by atoms with van der Waals surface area (Å²) in [7, 11) is 0. The highest BCUT2D eigenvalue weighted by atomic mass is 127. The average molecular weight is 488 g/mol. The molecule has 2 aromatic rings. The molecule has 5 nitrogen and oxygen atoms in total. The Hall–Kier alpha value is -1.06. The molecule has 1 unspecified atom stereocenters. The Bertz CT molecular complexity index is 671. The fourth-order valence-corrected chi connectivity index (χ4v) is 3.98. The van der Waals surface area contributed by atoms with Crippen LogP contribution < -0.4 is 10.6 Å². The zero-order valence-electron chi connectivity index (χ0n) is 15.5. The Balaban J connectivity index is 0.00000243. The van der Waals surface area contributed by atoms with Crippen LogP contribution in [0.5, 0.6) is 0 Å². The predicted molar refractivity (Wildman–Crippen MR) is 120 cm³/mol. The van der Waals surface area contributed by atoms with Crippen LogP contribution in [0.4, 0.5) is 0 Å². The molecule has 0 aliphatic carbocycles. The molecule has 2 aromatic heterocycles. The van der Waals surface area contributed by atoms with Crippen LogP contribution in [0.3, 0.4) is 0 Å². The van der Waals surface area contributed by atoms with E-state index in [1.165, 1.54) is 12.0 Å². The molecule has 0 saturated heterocycles. The average Bonchev–Trinajstić information content (AvgIpc) is 3.30. The second-order valence-electron chi connectivity index (χ2n) is 6.41. The fourth-order valence-electron chi connectivity index (χ4n) is 3.09. The quantitative estimate of drug-likeness (QED) is 0.356. The summed E-state index contributed by atoms with van der Waals surface area (Å²) in [5, 5.41) is 8.93. The number of thiophene rings is 1. The van der Waals surface area contributed by atoms with Crippen molar-refractivity contribution in [3.63, 3.8) is 0 Å². The lowest BCUT2D eigenvalue weighted by Gasteiger charge is -2.31. The molecule has 0 aromatic carbocycles. The molecule has 0 spiro atoms. The second kappa shape index (κ2) is 10.9. The Kier molecular flexibility index (Phi) is 8.94. The largest absolute Gasteiger partial charge is 0.469 e. The van der Waals surface area contributed by atoms with E-state index in [9.17, 15) is 0 Å². The molecular formula is C19H29IN4OS. The summed E-state index contributed by atoms with van der Waals surface area (Å²) < 4.78 is 5.37. The Morgan fingerprint density at radius 3 is 3.04 bits per heavy atom.